The number of amides is 2. The molecule has 1 aliphatic rings. The summed E-state index contributed by atoms with van der Waals surface area (Å²) in [5, 5.41) is 4.21. The first kappa shape index (κ1) is 19.0. The van der Waals surface area contributed by atoms with Crippen molar-refractivity contribution >= 4 is 17.6 Å². The van der Waals surface area contributed by atoms with Crippen LogP contribution in [0, 0.1) is 13.8 Å². The van der Waals surface area contributed by atoms with Crippen molar-refractivity contribution in [1.29, 1.82) is 0 Å². The van der Waals surface area contributed by atoms with E-state index in [4.69, 9.17) is 5.73 Å². The molecule has 29 heavy (non-hydrogen) atoms. The Kier molecular flexibility index (Phi) is 5.00. The van der Waals surface area contributed by atoms with E-state index < -0.39 is 5.91 Å². The predicted octanol–water partition coefficient (Wildman–Crippen LogP) is 1.96. The molecule has 0 bridgehead atoms. The maximum Gasteiger partial charge on any atom is 0.252 e. The molecule has 2 N–H and O–H groups in total. The molecule has 3 aromatic rings. The number of nitrogens with zero attached hydrogens (tertiary/aromatic N) is 5. The molecule has 0 spiro atoms. The van der Waals surface area contributed by atoms with Crippen molar-refractivity contribution < 1.29 is 9.59 Å². The van der Waals surface area contributed by atoms with Gasteiger partial charge in [0.05, 0.1) is 0 Å². The second-order valence-corrected chi connectivity index (χ2v) is 7.55. The molecule has 0 unspecified atom stereocenters. The molecule has 0 radical (unpaired) electrons. The minimum Gasteiger partial charge on any atom is -0.366 e. The Morgan fingerprint density at radius 2 is 1.93 bits per heavy atom. The number of primary amides is 1. The molecule has 0 saturated heterocycles. The van der Waals surface area contributed by atoms with Gasteiger partial charge in [-0.1, -0.05) is 12.1 Å². The summed E-state index contributed by atoms with van der Waals surface area (Å²) >= 11 is 0. The lowest BCUT2D eigenvalue weighted by molar-refractivity contribution is -0.132. The summed E-state index contributed by atoms with van der Waals surface area (Å²) in [5.74, 6) is 0.258. The zero-order chi connectivity index (χ0) is 20.5. The van der Waals surface area contributed by atoms with E-state index in [2.05, 4.69) is 15.1 Å². The highest BCUT2D eigenvalue weighted by Crippen LogP contribution is 2.29. The van der Waals surface area contributed by atoms with Crippen molar-refractivity contribution in [2.45, 2.75) is 52.1 Å². The lowest BCUT2D eigenvalue weighted by atomic mass is 10.1. The first-order chi connectivity index (χ1) is 13.9. The maximum atomic E-state index is 13.0. The number of aromatic nitrogens is 4. The van der Waals surface area contributed by atoms with E-state index in [-0.39, 0.29) is 5.91 Å². The number of nitrogens with two attached hydrogens (primary N) is 1. The number of benzene rings is 1. The molecule has 2 aromatic heterocycles. The minimum absolute atomic E-state index is 0.129. The third-order valence-electron chi connectivity index (χ3n) is 5.48. The standard InChI is InChI=1S/C21H24N6O2/c1-13-18(14(2)27-21(25-13)23-12-24-27)9-10-19(28)26(17-7-8-17)11-15-3-5-16(6-4-15)20(22)29/h3-6,12,17H,7-11H2,1-2H3,(H2,22,29). The van der Waals surface area contributed by atoms with E-state index >= 15 is 0 Å². The highest BCUT2D eigenvalue weighted by atomic mass is 16.2. The average molecular weight is 392 g/mol. The van der Waals surface area contributed by atoms with Crippen molar-refractivity contribution in [3.8, 4) is 0 Å². The van der Waals surface area contributed by atoms with Gasteiger partial charge in [0.1, 0.15) is 6.33 Å². The molecular formula is C21H24N6O2. The summed E-state index contributed by atoms with van der Waals surface area (Å²) < 4.78 is 1.71. The average Bonchev–Trinajstić information content (AvgIpc) is 3.43. The molecule has 150 valence electrons. The van der Waals surface area contributed by atoms with E-state index in [9.17, 15) is 9.59 Å². The number of fused-ring (bicyclic) bond motifs is 1. The molecule has 0 atom stereocenters. The highest BCUT2D eigenvalue weighted by Gasteiger charge is 2.32. The van der Waals surface area contributed by atoms with Crippen LogP contribution in [-0.4, -0.2) is 42.3 Å². The van der Waals surface area contributed by atoms with E-state index in [0.29, 0.717) is 36.8 Å². The van der Waals surface area contributed by atoms with Crippen LogP contribution < -0.4 is 5.73 Å². The second-order valence-electron chi connectivity index (χ2n) is 7.55. The van der Waals surface area contributed by atoms with E-state index in [1.165, 1.54) is 6.33 Å². The number of carbonyl (C=O) groups is 2. The monoisotopic (exact) mass is 392 g/mol. The Hall–Kier alpha value is -3.29. The van der Waals surface area contributed by atoms with Crippen LogP contribution in [0.3, 0.4) is 0 Å². The summed E-state index contributed by atoms with van der Waals surface area (Å²) in [6, 6.07) is 7.44. The second kappa shape index (κ2) is 7.62. The molecule has 1 aromatic carbocycles. The predicted molar refractivity (Wildman–Crippen MR) is 107 cm³/mol. The smallest absolute Gasteiger partial charge is 0.252 e. The SMILES string of the molecule is Cc1nc2ncnn2c(C)c1CCC(=O)N(Cc1ccc(C(N)=O)cc1)C1CC1. The summed E-state index contributed by atoms with van der Waals surface area (Å²) in [6.07, 6.45) is 4.59. The number of hydrogen-bond acceptors (Lipinski definition) is 5. The van der Waals surface area contributed by atoms with Crippen molar-refractivity contribution in [3.05, 3.63) is 58.7 Å². The van der Waals surface area contributed by atoms with Crippen molar-refractivity contribution in [1.82, 2.24) is 24.5 Å². The van der Waals surface area contributed by atoms with E-state index in [1.54, 1.807) is 16.6 Å². The van der Waals surface area contributed by atoms with Gasteiger partial charge >= 0.3 is 0 Å². The van der Waals surface area contributed by atoms with E-state index in [0.717, 1.165) is 35.4 Å². The maximum absolute atomic E-state index is 13.0. The molecule has 4 rings (SSSR count). The lowest BCUT2D eigenvalue weighted by Gasteiger charge is -2.23. The van der Waals surface area contributed by atoms with Crippen LogP contribution in [0.25, 0.3) is 5.78 Å². The summed E-state index contributed by atoms with van der Waals surface area (Å²) in [7, 11) is 0. The first-order valence-corrected chi connectivity index (χ1v) is 9.78. The summed E-state index contributed by atoms with van der Waals surface area (Å²) in [4.78, 5) is 34.8. The van der Waals surface area contributed by atoms with Gasteiger partial charge in [0.25, 0.3) is 5.78 Å². The Labute approximate surface area is 168 Å². The van der Waals surface area contributed by atoms with Crippen LogP contribution in [0.1, 0.15) is 52.1 Å². The van der Waals surface area contributed by atoms with Crippen LogP contribution in [0.2, 0.25) is 0 Å². The third-order valence-corrected chi connectivity index (χ3v) is 5.48. The first-order valence-electron chi connectivity index (χ1n) is 9.78. The van der Waals surface area contributed by atoms with Gasteiger partial charge in [0.15, 0.2) is 0 Å². The largest absolute Gasteiger partial charge is 0.366 e. The van der Waals surface area contributed by atoms with Gasteiger partial charge in [0.2, 0.25) is 11.8 Å². The molecule has 1 aliphatic carbocycles. The van der Waals surface area contributed by atoms with Crippen LogP contribution in [-0.2, 0) is 17.8 Å². The quantitative estimate of drug-likeness (QED) is 0.661. The van der Waals surface area contributed by atoms with Gasteiger partial charge in [-0.15, -0.1) is 0 Å². The fraction of sp³-hybridized carbons (Fsp3) is 0.381. The summed E-state index contributed by atoms with van der Waals surface area (Å²) in [6.45, 7) is 4.47. The van der Waals surface area contributed by atoms with Gasteiger partial charge in [0, 0.05) is 36.0 Å². The molecule has 8 heteroatoms. The molecule has 2 heterocycles. The summed E-state index contributed by atoms with van der Waals surface area (Å²) in [5.41, 5.74) is 9.66. The molecule has 1 fully saturated rings. The Morgan fingerprint density at radius 3 is 2.59 bits per heavy atom. The Balaban J connectivity index is 1.46. The van der Waals surface area contributed by atoms with Crippen LogP contribution in [0.5, 0.6) is 0 Å². The fourth-order valence-electron chi connectivity index (χ4n) is 3.67. The lowest BCUT2D eigenvalue weighted by Crippen LogP contribution is -2.33. The van der Waals surface area contributed by atoms with Gasteiger partial charge in [-0.25, -0.2) is 9.50 Å². The Bertz CT molecular complexity index is 1070. The van der Waals surface area contributed by atoms with Crippen LogP contribution in [0.15, 0.2) is 30.6 Å². The number of hydrogen-bond donors (Lipinski definition) is 1. The van der Waals surface area contributed by atoms with Gasteiger partial charge in [-0.05, 0) is 56.4 Å². The molecule has 0 aliphatic heterocycles. The van der Waals surface area contributed by atoms with Gasteiger partial charge in [-0.3, -0.25) is 9.59 Å². The normalized spacial score (nSPS) is 13.6. The topological polar surface area (TPSA) is 106 Å². The van der Waals surface area contributed by atoms with Crippen LogP contribution in [0.4, 0.5) is 0 Å². The van der Waals surface area contributed by atoms with Gasteiger partial charge in [-0.2, -0.15) is 10.1 Å². The molecule has 8 nitrogen and oxygen atoms in total. The van der Waals surface area contributed by atoms with Crippen molar-refractivity contribution in [3.63, 3.8) is 0 Å². The number of rotatable bonds is 7. The zero-order valence-electron chi connectivity index (χ0n) is 16.6. The Morgan fingerprint density at radius 1 is 1.21 bits per heavy atom. The van der Waals surface area contributed by atoms with E-state index in [1.807, 2.05) is 30.9 Å². The minimum atomic E-state index is -0.449. The highest BCUT2D eigenvalue weighted by molar-refractivity contribution is 5.92. The third kappa shape index (κ3) is 3.96. The van der Waals surface area contributed by atoms with Gasteiger partial charge < -0.3 is 10.6 Å². The van der Waals surface area contributed by atoms with Crippen molar-refractivity contribution in [2.75, 3.05) is 0 Å². The fourth-order valence-corrected chi connectivity index (χ4v) is 3.67. The molecule has 2 amide bonds. The number of aryl methyl sites for hydroxylation is 2. The molecule has 1 saturated carbocycles. The molecular weight excluding hydrogens is 368 g/mol. The zero-order valence-corrected chi connectivity index (χ0v) is 16.6. The van der Waals surface area contributed by atoms with Crippen LogP contribution >= 0.6 is 0 Å². The van der Waals surface area contributed by atoms with Crippen molar-refractivity contribution in [2.24, 2.45) is 5.73 Å². The number of carbonyl (C=O) groups excluding carboxylic acids is 2.